The first-order valence-corrected chi connectivity index (χ1v) is 11.5. The van der Waals surface area contributed by atoms with Gasteiger partial charge in [-0.15, -0.1) is 10.2 Å². The fourth-order valence-electron chi connectivity index (χ4n) is 2.40. The molecule has 0 saturated carbocycles. The zero-order valence-corrected chi connectivity index (χ0v) is 18.2. The smallest absolute Gasteiger partial charge is 0.269 e. The van der Waals surface area contributed by atoms with E-state index in [1.165, 1.54) is 18.2 Å². The van der Waals surface area contributed by atoms with Gasteiger partial charge >= 0.3 is 0 Å². The fourth-order valence-corrected chi connectivity index (χ4v) is 4.96. The maximum Gasteiger partial charge on any atom is 0.269 e. The Kier molecular flexibility index (Phi) is 6.86. The van der Waals surface area contributed by atoms with Crippen LogP contribution in [0.5, 0.6) is 0 Å². The van der Waals surface area contributed by atoms with E-state index in [2.05, 4.69) is 20.2 Å². The molecule has 0 fully saturated rings. The maximum absolute atomic E-state index is 12.5. The Balaban J connectivity index is 1.66. The average Bonchev–Trinajstić information content (AvgIpc) is 3.16. The van der Waals surface area contributed by atoms with Crippen LogP contribution in [0.3, 0.4) is 0 Å². The summed E-state index contributed by atoms with van der Waals surface area (Å²) in [4.78, 5) is 12.3. The van der Waals surface area contributed by atoms with E-state index in [1.54, 1.807) is 0 Å². The Labute approximate surface area is 182 Å². The predicted octanol–water partition coefficient (Wildman–Crippen LogP) is 4.18. The van der Waals surface area contributed by atoms with Crippen LogP contribution < -0.4 is 10.0 Å². The molecule has 0 aliphatic carbocycles. The predicted molar refractivity (Wildman–Crippen MR) is 114 cm³/mol. The second kappa shape index (κ2) is 9.19. The van der Waals surface area contributed by atoms with E-state index in [-0.39, 0.29) is 32.5 Å². The lowest BCUT2D eigenvalue weighted by molar-refractivity contribution is 0.102. The average molecular weight is 471 g/mol. The van der Waals surface area contributed by atoms with Gasteiger partial charge in [0.1, 0.15) is 0 Å². The topological polar surface area (TPSA) is 101 Å². The lowest BCUT2D eigenvalue weighted by atomic mass is 10.0. The zero-order valence-electron chi connectivity index (χ0n) is 15.1. The Morgan fingerprint density at radius 1 is 1.14 bits per heavy atom. The van der Waals surface area contributed by atoms with Crippen LogP contribution >= 0.6 is 34.5 Å². The molecule has 11 heteroatoms. The Morgan fingerprint density at radius 3 is 2.55 bits per heavy atom. The maximum atomic E-state index is 12.5. The Bertz CT molecular complexity index is 1120. The third kappa shape index (κ3) is 5.52. The van der Waals surface area contributed by atoms with Crippen LogP contribution in [-0.2, 0) is 10.0 Å². The summed E-state index contributed by atoms with van der Waals surface area (Å²) in [6.45, 7) is 2.12. The van der Waals surface area contributed by atoms with Crippen molar-refractivity contribution in [3.63, 3.8) is 0 Å². The zero-order chi connectivity index (χ0) is 21.0. The van der Waals surface area contributed by atoms with Crippen LogP contribution in [0.4, 0.5) is 5.13 Å². The number of aromatic nitrogens is 2. The molecule has 3 rings (SSSR count). The fraction of sp³-hybridized carbons (Fsp3) is 0.167. The number of anilines is 1. The van der Waals surface area contributed by atoms with E-state index < -0.39 is 15.9 Å². The van der Waals surface area contributed by atoms with Crippen molar-refractivity contribution in [3.8, 4) is 0 Å². The van der Waals surface area contributed by atoms with Crippen molar-refractivity contribution in [2.24, 2.45) is 0 Å². The van der Waals surface area contributed by atoms with Gasteiger partial charge in [0, 0.05) is 11.6 Å². The number of benzene rings is 2. The minimum atomic E-state index is -3.86. The van der Waals surface area contributed by atoms with Gasteiger partial charge in [-0.25, -0.2) is 13.1 Å². The molecule has 0 aliphatic rings. The van der Waals surface area contributed by atoms with Gasteiger partial charge in [-0.05, 0) is 29.7 Å². The molecular weight excluding hydrogens is 455 g/mol. The SMILES string of the molecule is C[C@H](CNS(=O)(=O)c1nnc(NC(=O)c2ccc(Cl)cc2Cl)s1)c1ccccc1. The molecule has 2 aromatic carbocycles. The summed E-state index contributed by atoms with van der Waals surface area (Å²) >= 11 is 12.6. The standard InChI is InChI=1S/C18H16Cl2N4O3S2/c1-11(12-5-3-2-4-6-12)10-21-29(26,27)18-24-23-17(28-18)22-16(25)14-8-7-13(19)9-15(14)20/h2-9,11,21H,10H2,1H3,(H,22,23,25)/t11-/m1/s1. The van der Waals surface area contributed by atoms with Gasteiger partial charge in [0.15, 0.2) is 0 Å². The third-order valence-electron chi connectivity index (χ3n) is 3.98. The summed E-state index contributed by atoms with van der Waals surface area (Å²) < 4.78 is 27.2. The molecule has 1 atom stereocenters. The first kappa shape index (κ1) is 21.7. The highest BCUT2D eigenvalue weighted by atomic mass is 35.5. The third-order valence-corrected chi connectivity index (χ3v) is 7.16. The van der Waals surface area contributed by atoms with Crippen molar-refractivity contribution in [1.82, 2.24) is 14.9 Å². The molecule has 7 nitrogen and oxygen atoms in total. The van der Waals surface area contributed by atoms with Crippen molar-refractivity contribution >= 4 is 55.6 Å². The van der Waals surface area contributed by atoms with E-state index >= 15 is 0 Å². The van der Waals surface area contributed by atoms with Gasteiger partial charge in [0.2, 0.25) is 9.47 Å². The number of rotatable bonds is 7. The summed E-state index contributed by atoms with van der Waals surface area (Å²) in [6, 6.07) is 14.0. The van der Waals surface area contributed by atoms with Gasteiger partial charge in [0.05, 0.1) is 10.6 Å². The van der Waals surface area contributed by atoms with Gasteiger partial charge in [-0.2, -0.15) is 0 Å². The molecule has 0 aliphatic heterocycles. The number of sulfonamides is 1. The lowest BCUT2D eigenvalue weighted by Gasteiger charge is -2.12. The van der Waals surface area contributed by atoms with Gasteiger partial charge in [0.25, 0.3) is 15.9 Å². The van der Waals surface area contributed by atoms with E-state index in [0.29, 0.717) is 5.02 Å². The lowest BCUT2D eigenvalue weighted by Crippen LogP contribution is -2.27. The van der Waals surface area contributed by atoms with E-state index in [0.717, 1.165) is 16.9 Å². The number of hydrogen-bond donors (Lipinski definition) is 2. The van der Waals surface area contributed by atoms with Crippen LogP contribution in [0.25, 0.3) is 0 Å². The highest BCUT2D eigenvalue weighted by Crippen LogP contribution is 2.24. The Morgan fingerprint density at radius 2 is 1.86 bits per heavy atom. The molecule has 0 spiro atoms. The van der Waals surface area contributed by atoms with Crippen molar-refractivity contribution in [2.45, 2.75) is 17.2 Å². The van der Waals surface area contributed by atoms with Crippen LogP contribution in [0, 0.1) is 0 Å². The molecular formula is C18H16Cl2N4O3S2. The molecule has 29 heavy (non-hydrogen) atoms. The van der Waals surface area contributed by atoms with Crippen molar-refractivity contribution in [3.05, 3.63) is 69.7 Å². The normalized spacial score (nSPS) is 12.5. The highest BCUT2D eigenvalue weighted by molar-refractivity contribution is 7.91. The molecule has 3 aromatic rings. The largest absolute Gasteiger partial charge is 0.296 e. The van der Waals surface area contributed by atoms with Gasteiger partial charge < -0.3 is 0 Å². The molecule has 2 N–H and O–H groups in total. The first-order valence-electron chi connectivity index (χ1n) is 8.41. The molecule has 0 unspecified atom stereocenters. The molecule has 0 saturated heterocycles. The summed E-state index contributed by atoms with van der Waals surface area (Å²) in [5.74, 6) is -0.567. The first-order chi connectivity index (χ1) is 13.8. The number of nitrogens with zero attached hydrogens (tertiary/aromatic N) is 2. The minimum absolute atomic E-state index is 0.0230. The Hall–Kier alpha value is -2.04. The second-order valence-electron chi connectivity index (χ2n) is 6.12. The van der Waals surface area contributed by atoms with Crippen LogP contribution in [0.1, 0.15) is 28.8 Å². The van der Waals surface area contributed by atoms with Crippen LogP contribution in [0.2, 0.25) is 10.0 Å². The number of hydrogen-bond acceptors (Lipinski definition) is 6. The summed E-state index contributed by atoms with van der Waals surface area (Å²) in [6.07, 6.45) is 0. The van der Waals surface area contributed by atoms with Crippen LogP contribution in [-0.4, -0.2) is 31.1 Å². The number of carbonyl (C=O) groups excluding carboxylic acids is 1. The molecule has 1 aromatic heterocycles. The second-order valence-corrected chi connectivity index (χ2v) is 9.88. The molecule has 1 amide bonds. The number of carbonyl (C=O) groups is 1. The van der Waals surface area contributed by atoms with Gasteiger partial charge in [-0.1, -0.05) is 71.8 Å². The van der Waals surface area contributed by atoms with E-state index in [4.69, 9.17) is 23.2 Å². The molecule has 152 valence electrons. The van der Waals surface area contributed by atoms with Crippen molar-refractivity contribution in [1.29, 1.82) is 0 Å². The number of amides is 1. The summed E-state index contributed by atoms with van der Waals surface area (Å²) in [7, 11) is -3.86. The van der Waals surface area contributed by atoms with Crippen molar-refractivity contribution < 1.29 is 13.2 Å². The monoisotopic (exact) mass is 470 g/mol. The summed E-state index contributed by atoms with van der Waals surface area (Å²) in [5, 5.41) is 10.5. The quantitative estimate of drug-likeness (QED) is 0.504. The summed E-state index contributed by atoms with van der Waals surface area (Å²) in [5.41, 5.74) is 1.20. The number of nitrogens with one attached hydrogen (secondary N) is 2. The highest BCUT2D eigenvalue weighted by Gasteiger charge is 2.22. The van der Waals surface area contributed by atoms with Crippen molar-refractivity contribution in [2.75, 3.05) is 11.9 Å². The van der Waals surface area contributed by atoms with Crippen LogP contribution in [0.15, 0.2) is 52.9 Å². The number of halogens is 2. The molecule has 0 bridgehead atoms. The van der Waals surface area contributed by atoms with E-state index in [1.807, 2.05) is 37.3 Å². The molecule has 1 heterocycles. The van der Waals surface area contributed by atoms with E-state index in [9.17, 15) is 13.2 Å². The van der Waals surface area contributed by atoms with Gasteiger partial charge in [-0.3, -0.25) is 10.1 Å². The minimum Gasteiger partial charge on any atom is -0.296 e. The molecule has 0 radical (unpaired) electrons.